The summed E-state index contributed by atoms with van der Waals surface area (Å²) in [6.45, 7) is 3.68. The Hall–Kier alpha value is -3.61. The van der Waals surface area contributed by atoms with Gasteiger partial charge in [0.15, 0.2) is 0 Å². The lowest BCUT2D eigenvalue weighted by Gasteiger charge is -2.11. The van der Waals surface area contributed by atoms with Crippen LogP contribution >= 0.6 is 11.3 Å². The van der Waals surface area contributed by atoms with Gasteiger partial charge >= 0.3 is 18.1 Å². The van der Waals surface area contributed by atoms with Crippen LogP contribution in [0.2, 0.25) is 0 Å². The number of esters is 1. The van der Waals surface area contributed by atoms with E-state index in [0.717, 1.165) is 22.5 Å². The number of halogens is 3. The quantitative estimate of drug-likeness (QED) is 0.425. The number of alkyl halides is 3. The maximum atomic E-state index is 12.4. The molecule has 2 aromatic rings. The summed E-state index contributed by atoms with van der Waals surface area (Å²) >= 11 is 1.07. The summed E-state index contributed by atoms with van der Waals surface area (Å²) < 4.78 is 36.3. The van der Waals surface area contributed by atoms with Crippen molar-refractivity contribution in [2.45, 2.75) is 39.0 Å². The second-order valence-electron chi connectivity index (χ2n) is 6.69. The number of carbonyl (C=O) groups is 4. The van der Waals surface area contributed by atoms with Crippen LogP contribution in [0.25, 0.3) is 0 Å². The molecule has 1 aromatic carbocycles. The van der Waals surface area contributed by atoms with Gasteiger partial charge in [0.1, 0.15) is 11.8 Å². The van der Waals surface area contributed by atoms with Crippen LogP contribution in [0.5, 0.6) is 5.75 Å². The van der Waals surface area contributed by atoms with E-state index in [0.29, 0.717) is 16.2 Å². The first-order valence-electron chi connectivity index (χ1n) is 9.67. The highest BCUT2D eigenvalue weighted by atomic mass is 32.1. The van der Waals surface area contributed by atoms with Gasteiger partial charge in [-0.3, -0.25) is 9.59 Å². The van der Waals surface area contributed by atoms with Crippen molar-refractivity contribution in [1.82, 2.24) is 10.6 Å². The molecule has 9 nitrogen and oxygen atoms in total. The largest absolute Gasteiger partial charge is 0.508 e. The number of phenols is 1. The number of methoxy groups -OCH3 is 1. The molecule has 0 bridgehead atoms. The number of hydrogen-bond acceptors (Lipinski definition) is 7. The summed E-state index contributed by atoms with van der Waals surface area (Å²) in [4.78, 5) is 46.0. The number of carboxylic acid groups (broad SMARTS) is 1. The predicted octanol–water partition coefficient (Wildman–Crippen LogP) is 2.87. The summed E-state index contributed by atoms with van der Waals surface area (Å²) in [7, 11) is 1.25. The monoisotopic (exact) mass is 504 g/mol. The van der Waals surface area contributed by atoms with Crippen molar-refractivity contribution in [2.75, 3.05) is 7.11 Å². The van der Waals surface area contributed by atoms with Crippen LogP contribution in [0.3, 0.4) is 0 Å². The Bertz CT molecular complexity index is 1040. The lowest BCUT2D eigenvalue weighted by atomic mass is 10.1. The van der Waals surface area contributed by atoms with Crippen molar-refractivity contribution in [3.8, 4) is 5.75 Å². The highest BCUT2D eigenvalue weighted by Gasteiger charge is 2.38. The summed E-state index contributed by atoms with van der Waals surface area (Å²) in [5.74, 6) is -3.89. The topological polar surface area (TPSA) is 142 Å². The van der Waals surface area contributed by atoms with Gasteiger partial charge in [-0.15, -0.1) is 11.3 Å². The molecule has 0 spiro atoms. The molecule has 4 N–H and O–H groups in total. The van der Waals surface area contributed by atoms with Crippen molar-refractivity contribution in [2.24, 2.45) is 0 Å². The first kappa shape index (κ1) is 28.4. The number of phenolic OH excluding ortho intramolecular Hbond substituents is 1. The zero-order valence-electron chi connectivity index (χ0n) is 18.4. The minimum Gasteiger partial charge on any atom is -0.508 e. The molecular weight excluding hydrogens is 481 g/mol. The molecule has 186 valence electrons. The average Bonchev–Trinajstić information content (AvgIpc) is 3.21. The van der Waals surface area contributed by atoms with Crippen molar-refractivity contribution >= 4 is 35.1 Å². The van der Waals surface area contributed by atoms with E-state index in [9.17, 15) is 32.7 Å². The fourth-order valence-electron chi connectivity index (χ4n) is 2.43. The summed E-state index contributed by atoms with van der Waals surface area (Å²) in [5.41, 5.74) is 1.50. The van der Waals surface area contributed by atoms with Crippen LogP contribution in [-0.2, 0) is 27.3 Å². The van der Waals surface area contributed by atoms with E-state index in [-0.39, 0.29) is 18.2 Å². The maximum absolute atomic E-state index is 12.4. The van der Waals surface area contributed by atoms with E-state index < -0.39 is 30.1 Å². The van der Waals surface area contributed by atoms with Crippen molar-refractivity contribution < 1.29 is 47.3 Å². The lowest BCUT2D eigenvalue weighted by Crippen LogP contribution is -2.39. The number of benzene rings is 1. The van der Waals surface area contributed by atoms with E-state index in [1.165, 1.54) is 14.0 Å². The van der Waals surface area contributed by atoms with Gasteiger partial charge in [-0.1, -0.05) is 19.1 Å². The van der Waals surface area contributed by atoms with E-state index in [2.05, 4.69) is 15.4 Å². The van der Waals surface area contributed by atoms with Crippen molar-refractivity contribution in [3.63, 3.8) is 0 Å². The van der Waals surface area contributed by atoms with Gasteiger partial charge in [-0.05, 0) is 42.7 Å². The molecule has 0 saturated heterocycles. The van der Waals surface area contributed by atoms with Gasteiger partial charge < -0.3 is 25.6 Å². The number of hydrogen-bond donors (Lipinski definition) is 4. The minimum absolute atomic E-state index is 0.129. The number of aromatic hydroxyl groups is 1. The van der Waals surface area contributed by atoms with Gasteiger partial charge in [0.25, 0.3) is 11.8 Å². The lowest BCUT2D eigenvalue weighted by molar-refractivity contribution is -0.192. The fourth-order valence-corrected chi connectivity index (χ4v) is 3.50. The summed E-state index contributed by atoms with van der Waals surface area (Å²) in [6.07, 6.45) is -4.51. The first-order chi connectivity index (χ1) is 15.8. The van der Waals surface area contributed by atoms with E-state index in [4.69, 9.17) is 9.90 Å². The number of ether oxygens (including phenoxy) is 1. The molecule has 1 aromatic heterocycles. The fraction of sp³-hybridized carbons (Fsp3) is 0.333. The highest BCUT2D eigenvalue weighted by molar-refractivity contribution is 7.16. The van der Waals surface area contributed by atoms with Gasteiger partial charge in [0.2, 0.25) is 0 Å². The van der Waals surface area contributed by atoms with Crippen LogP contribution in [0.1, 0.15) is 44.3 Å². The maximum Gasteiger partial charge on any atom is 0.490 e. The van der Waals surface area contributed by atoms with E-state index in [1.807, 2.05) is 6.92 Å². The first-order valence-corrected chi connectivity index (χ1v) is 10.5. The van der Waals surface area contributed by atoms with Gasteiger partial charge in [0, 0.05) is 6.54 Å². The number of carboxylic acids is 1. The Labute approximate surface area is 196 Å². The van der Waals surface area contributed by atoms with Gasteiger partial charge in [-0.25, -0.2) is 9.59 Å². The minimum atomic E-state index is -5.08. The third kappa shape index (κ3) is 8.73. The Kier molecular flexibility index (Phi) is 10.5. The zero-order chi connectivity index (χ0) is 26.1. The third-order valence-corrected chi connectivity index (χ3v) is 5.30. The number of nitrogens with one attached hydrogen (secondary N) is 2. The second-order valence-corrected chi connectivity index (χ2v) is 7.74. The SMILES string of the molecule is CCc1cc(C(=O)NCc2cccc(O)c2)sc1C(=O)NC(C)C(=O)OC.O=C(O)C(F)(F)F. The molecule has 2 rings (SSSR count). The molecule has 0 radical (unpaired) electrons. The number of rotatable bonds is 7. The number of thiophene rings is 1. The molecule has 0 fully saturated rings. The predicted molar refractivity (Wildman–Crippen MR) is 116 cm³/mol. The van der Waals surface area contributed by atoms with Crippen LogP contribution < -0.4 is 10.6 Å². The van der Waals surface area contributed by atoms with E-state index >= 15 is 0 Å². The van der Waals surface area contributed by atoms with Crippen LogP contribution in [0.4, 0.5) is 13.2 Å². The van der Waals surface area contributed by atoms with Crippen molar-refractivity contribution in [1.29, 1.82) is 0 Å². The molecule has 13 heteroatoms. The van der Waals surface area contributed by atoms with Crippen molar-refractivity contribution in [3.05, 3.63) is 51.2 Å². The molecule has 2 amide bonds. The van der Waals surface area contributed by atoms with Crippen LogP contribution in [0, 0.1) is 0 Å². The normalized spacial score (nSPS) is 11.5. The molecular formula is C21H23F3N2O7S. The molecule has 1 unspecified atom stereocenters. The number of aliphatic carboxylic acids is 1. The van der Waals surface area contributed by atoms with Crippen LogP contribution in [0.15, 0.2) is 30.3 Å². The molecule has 0 aliphatic heterocycles. The molecule has 1 atom stereocenters. The average molecular weight is 504 g/mol. The number of carbonyl (C=O) groups excluding carboxylic acids is 3. The molecule has 0 aliphatic carbocycles. The van der Waals surface area contributed by atoms with E-state index in [1.54, 1.807) is 30.3 Å². The molecule has 0 aliphatic rings. The summed E-state index contributed by atoms with van der Waals surface area (Å²) in [6, 6.07) is 7.51. The smallest absolute Gasteiger partial charge is 0.490 e. The third-order valence-electron chi connectivity index (χ3n) is 4.13. The number of aryl methyl sites for hydroxylation is 1. The summed E-state index contributed by atoms with van der Waals surface area (Å²) in [5, 5.41) is 21.9. The molecule has 1 heterocycles. The standard InChI is InChI=1S/C19H22N2O5S.C2HF3O2/c1-4-13-9-15(17(23)20-10-12-6-5-7-14(22)8-12)27-16(13)18(24)21-11(2)19(25)26-3;3-2(4,5)1(6)7/h5-9,11,22H,4,10H2,1-3H3,(H,20,23)(H,21,24);(H,6,7). The number of amides is 2. The van der Waals surface area contributed by atoms with Gasteiger partial charge in [-0.2, -0.15) is 13.2 Å². The van der Waals surface area contributed by atoms with Gasteiger partial charge in [0.05, 0.1) is 16.9 Å². The molecule has 34 heavy (non-hydrogen) atoms. The Morgan fingerprint density at radius 2 is 1.76 bits per heavy atom. The highest BCUT2D eigenvalue weighted by Crippen LogP contribution is 2.24. The second kappa shape index (κ2) is 12.6. The Balaban J connectivity index is 0.000000718. The zero-order valence-corrected chi connectivity index (χ0v) is 19.2. The molecule has 0 saturated carbocycles. The Morgan fingerprint density at radius 3 is 2.26 bits per heavy atom. The van der Waals surface area contributed by atoms with Crippen LogP contribution in [-0.4, -0.2) is 53.3 Å². The Morgan fingerprint density at radius 1 is 1.15 bits per heavy atom.